The minimum atomic E-state index is 0.00330. The molecule has 0 aliphatic heterocycles. The number of thiophene rings is 1. The third-order valence-electron chi connectivity index (χ3n) is 2.51. The molecule has 1 aromatic carbocycles. The van der Waals surface area contributed by atoms with E-state index in [1.165, 1.54) is 11.3 Å². The topological polar surface area (TPSA) is 12.0 Å². The van der Waals surface area contributed by atoms with Crippen LogP contribution in [0.25, 0.3) is 0 Å². The van der Waals surface area contributed by atoms with Crippen molar-refractivity contribution < 1.29 is 0 Å². The van der Waals surface area contributed by atoms with E-state index >= 15 is 0 Å². The highest BCUT2D eigenvalue weighted by molar-refractivity contribution is 9.10. The standard InChI is InChI=1S/C12H9BrCl3NS/c1-17-11(10-5-8(13)12(16)18-10)7-3-2-6(14)4-9(7)15/h2-5,11,17H,1H3. The van der Waals surface area contributed by atoms with Crippen LogP contribution >= 0.6 is 62.1 Å². The van der Waals surface area contributed by atoms with Crippen LogP contribution in [0.5, 0.6) is 0 Å². The van der Waals surface area contributed by atoms with Crippen molar-refractivity contribution in [1.82, 2.24) is 5.32 Å². The summed E-state index contributed by atoms with van der Waals surface area (Å²) < 4.78 is 1.63. The summed E-state index contributed by atoms with van der Waals surface area (Å²) in [5.74, 6) is 0. The average molecular weight is 386 g/mol. The number of benzene rings is 1. The summed E-state index contributed by atoms with van der Waals surface area (Å²) in [5.41, 5.74) is 0.981. The fraction of sp³-hybridized carbons (Fsp3) is 0.167. The molecule has 2 aromatic rings. The van der Waals surface area contributed by atoms with Crippen molar-refractivity contribution >= 4 is 62.1 Å². The molecule has 1 aromatic heterocycles. The van der Waals surface area contributed by atoms with Crippen molar-refractivity contribution in [2.24, 2.45) is 0 Å². The normalized spacial score (nSPS) is 12.7. The zero-order valence-corrected chi connectivity index (χ0v) is 14.0. The molecule has 2 rings (SSSR count). The molecule has 1 nitrogen and oxygen atoms in total. The monoisotopic (exact) mass is 383 g/mol. The highest BCUT2D eigenvalue weighted by atomic mass is 79.9. The lowest BCUT2D eigenvalue weighted by molar-refractivity contribution is 0.704. The number of rotatable bonds is 3. The minimum Gasteiger partial charge on any atom is -0.309 e. The van der Waals surface area contributed by atoms with Gasteiger partial charge in [-0.25, -0.2) is 0 Å². The summed E-state index contributed by atoms with van der Waals surface area (Å²) in [6.45, 7) is 0. The lowest BCUT2D eigenvalue weighted by Gasteiger charge is -2.16. The van der Waals surface area contributed by atoms with Gasteiger partial charge in [-0.3, -0.25) is 0 Å². The summed E-state index contributed by atoms with van der Waals surface area (Å²) in [7, 11) is 1.89. The zero-order chi connectivity index (χ0) is 13.3. The van der Waals surface area contributed by atoms with Crippen LogP contribution < -0.4 is 5.32 Å². The summed E-state index contributed by atoms with van der Waals surface area (Å²) in [5, 5.41) is 4.51. The summed E-state index contributed by atoms with van der Waals surface area (Å²) in [4.78, 5) is 1.10. The molecule has 1 heterocycles. The van der Waals surface area contributed by atoms with E-state index in [0.29, 0.717) is 10.0 Å². The molecule has 1 atom stereocenters. The minimum absolute atomic E-state index is 0.00330. The van der Waals surface area contributed by atoms with Gasteiger partial charge in [-0.2, -0.15) is 0 Å². The van der Waals surface area contributed by atoms with Crippen LogP contribution in [0.4, 0.5) is 0 Å². The average Bonchev–Trinajstić information content (AvgIpc) is 2.63. The maximum absolute atomic E-state index is 6.23. The van der Waals surface area contributed by atoms with E-state index in [1.54, 1.807) is 6.07 Å². The Morgan fingerprint density at radius 2 is 1.94 bits per heavy atom. The first-order chi connectivity index (χ1) is 8.52. The second-order valence-corrected chi connectivity index (χ2v) is 7.04. The molecule has 0 amide bonds. The van der Waals surface area contributed by atoms with E-state index in [-0.39, 0.29) is 6.04 Å². The smallest absolute Gasteiger partial charge is 0.107 e. The van der Waals surface area contributed by atoms with Gasteiger partial charge < -0.3 is 5.32 Å². The van der Waals surface area contributed by atoms with E-state index in [2.05, 4.69) is 21.2 Å². The van der Waals surface area contributed by atoms with Gasteiger partial charge in [-0.05, 0) is 46.7 Å². The predicted octanol–water partition coefficient (Wildman–Crippen LogP) is 5.78. The first-order valence-electron chi connectivity index (χ1n) is 5.10. The number of nitrogens with one attached hydrogen (secondary N) is 1. The van der Waals surface area contributed by atoms with Gasteiger partial charge in [0.1, 0.15) is 4.34 Å². The Bertz CT molecular complexity index is 551. The molecule has 0 saturated heterocycles. The number of hydrogen-bond donors (Lipinski definition) is 1. The van der Waals surface area contributed by atoms with Crippen LogP contribution in [0, 0.1) is 0 Å². The van der Waals surface area contributed by atoms with Crippen molar-refractivity contribution in [3.63, 3.8) is 0 Å². The summed E-state index contributed by atoms with van der Waals surface area (Å²) in [6, 6.07) is 7.50. The van der Waals surface area contributed by atoms with Crippen molar-refractivity contribution in [3.8, 4) is 0 Å². The van der Waals surface area contributed by atoms with Crippen LogP contribution in [0.2, 0.25) is 14.4 Å². The van der Waals surface area contributed by atoms with Crippen molar-refractivity contribution in [2.75, 3.05) is 7.05 Å². The summed E-state index contributed by atoms with van der Waals surface area (Å²) >= 11 is 23.1. The Labute approximate surface area is 133 Å². The Hall–Kier alpha value is 0.230. The Morgan fingerprint density at radius 3 is 2.44 bits per heavy atom. The molecule has 1 unspecified atom stereocenters. The van der Waals surface area contributed by atoms with E-state index in [9.17, 15) is 0 Å². The first kappa shape index (κ1) is 14.6. The first-order valence-corrected chi connectivity index (χ1v) is 7.84. The SMILES string of the molecule is CNC(c1cc(Br)c(Cl)s1)c1ccc(Cl)cc1Cl. The lowest BCUT2D eigenvalue weighted by Crippen LogP contribution is -2.16. The van der Waals surface area contributed by atoms with Gasteiger partial charge in [-0.15, -0.1) is 11.3 Å². The molecule has 0 radical (unpaired) electrons. The third-order valence-corrected chi connectivity index (χ3v) is 5.61. The quantitative estimate of drug-likeness (QED) is 0.706. The van der Waals surface area contributed by atoms with Gasteiger partial charge in [0.2, 0.25) is 0 Å². The van der Waals surface area contributed by atoms with Crippen LogP contribution in [-0.2, 0) is 0 Å². The molecule has 0 bridgehead atoms. The highest BCUT2D eigenvalue weighted by Crippen LogP contribution is 2.39. The van der Waals surface area contributed by atoms with Gasteiger partial charge in [-0.1, -0.05) is 40.9 Å². The van der Waals surface area contributed by atoms with Crippen molar-refractivity contribution in [3.05, 3.63) is 53.6 Å². The molecular weight excluding hydrogens is 376 g/mol. The fourth-order valence-electron chi connectivity index (χ4n) is 1.69. The third kappa shape index (κ3) is 3.03. The van der Waals surface area contributed by atoms with Gasteiger partial charge in [0.15, 0.2) is 0 Å². The summed E-state index contributed by atoms with van der Waals surface area (Å²) in [6.07, 6.45) is 0. The second-order valence-electron chi connectivity index (χ2n) is 3.66. The molecule has 96 valence electrons. The molecule has 6 heteroatoms. The van der Waals surface area contributed by atoms with Gasteiger partial charge in [0.05, 0.1) is 6.04 Å². The molecule has 0 fully saturated rings. The Kier molecular flexibility index (Phi) is 4.98. The number of halogens is 4. The molecular formula is C12H9BrCl3NS. The molecule has 0 aliphatic carbocycles. The van der Waals surface area contributed by atoms with E-state index in [0.717, 1.165) is 19.2 Å². The lowest BCUT2D eigenvalue weighted by atomic mass is 10.1. The highest BCUT2D eigenvalue weighted by Gasteiger charge is 2.18. The predicted molar refractivity (Wildman–Crippen MR) is 84.4 cm³/mol. The van der Waals surface area contributed by atoms with Gasteiger partial charge in [0, 0.05) is 19.4 Å². The molecule has 0 spiro atoms. The largest absolute Gasteiger partial charge is 0.309 e. The van der Waals surface area contributed by atoms with Crippen LogP contribution in [-0.4, -0.2) is 7.05 Å². The second kappa shape index (κ2) is 6.12. The van der Waals surface area contributed by atoms with E-state index in [1.807, 2.05) is 25.2 Å². The Balaban J connectivity index is 2.45. The van der Waals surface area contributed by atoms with Crippen molar-refractivity contribution in [2.45, 2.75) is 6.04 Å². The fourth-order valence-corrected chi connectivity index (χ4v) is 4.08. The van der Waals surface area contributed by atoms with Gasteiger partial charge >= 0.3 is 0 Å². The molecule has 0 aliphatic rings. The van der Waals surface area contributed by atoms with Crippen LogP contribution in [0.15, 0.2) is 28.7 Å². The van der Waals surface area contributed by atoms with E-state index < -0.39 is 0 Å². The maximum atomic E-state index is 6.23. The van der Waals surface area contributed by atoms with Gasteiger partial charge in [0.25, 0.3) is 0 Å². The molecule has 18 heavy (non-hydrogen) atoms. The number of hydrogen-bond acceptors (Lipinski definition) is 2. The van der Waals surface area contributed by atoms with Crippen LogP contribution in [0.3, 0.4) is 0 Å². The Morgan fingerprint density at radius 1 is 1.22 bits per heavy atom. The zero-order valence-electron chi connectivity index (χ0n) is 9.31. The molecule has 1 N–H and O–H groups in total. The van der Waals surface area contributed by atoms with Crippen LogP contribution in [0.1, 0.15) is 16.5 Å². The van der Waals surface area contributed by atoms with E-state index in [4.69, 9.17) is 34.8 Å². The maximum Gasteiger partial charge on any atom is 0.107 e. The molecule has 0 saturated carbocycles. The van der Waals surface area contributed by atoms with Crippen molar-refractivity contribution in [1.29, 1.82) is 0 Å².